The van der Waals surface area contributed by atoms with Gasteiger partial charge in [-0.2, -0.15) is 0 Å². The van der Waals surface area contributed by atoms with E-state index >= 15 is 0 Å². The number of ether oxygens (including phenoxy) is 2. The van der Waals surface area contributed by atoms with Gasteiger partial charge < -0.3 is 24.5 Å². The van der Waals surface area contributed by atoms with Crippen LogP contribution in [0.4, 0.5) is 0 Å². The number of oxazole rings is 1. The van der Waals surface area contributed by atoms with E-state index in [-0.39, 0.29) is 6.10 Å². The lowest BCUT2D eigenvalue weighted by atomic mass is 10.1. The molecule has 0 spiro atoms. The van der Waals surface area contributed by atoms with Crippen molar-refractivity contribution in [2.24, 2.45) is 4.99 Å². The zero-order chi connectivity index (χ0) is 21.6. The molecule has 1 aliphatic rings. The molecule has 1 atom stereocenters. The zero-order valence-electron chi connectivity index (χ0n) is 18.1. The molecule has 1 unspecified atom stereocenters. The highest BCUT2D eigenvalue weighted by Gasteiger charge is 2.22. The number of nitrogens with one attached hydrogen (secondary N) is 2. The lowest BCUT2D eigenvalue weighted by Gasteiger charge is -2.15. The molecule has 1 aromatic heterocycles. The van der Waals surface area contributed by atoms with Gasteiger partial charge in [-0.25, -0.2) is 4.98 Å². The molecule has 0 bridgehead atoms. The van der Waals surface area contributed by atoms with Crippen LogP contribution in [0.5, 0.6) is 11.5 Å². The fourth-order valence-corrected chi connectivity index (χ4v) is 3.58. The first-order valence-corrected chi connectivity index (χ1v) is 10.6. The standard InChI is InChI=1S/C24H28N4O3/c1-4-29-21-11-18-10-16(2)31-22(18)12-19(21)13-26-24(25-3)27-14-20-15-30-23(28-20)17-8-6-5-7-9-17/h5-9,11-12,15-16H,4,10,13-14H2,1-3H3,(H2,25,26,27). The number of hydrogen-bond acceptors (Lipinski definition) is 5. The van der Waals surface area contributed by atoms with Crippen molar-refractivity contribution in [3.05, 3.63) is 65.5 Å². The third-order valence-electron chi connectivity index (χ3n) is 5.06. The van der Waals surface area contributed by atoms with Crippen molar-refractivity contribution in [2.45, 2.75) is 39.5 Å². The second-order valence-electron chi connectivity index (χ2n) is 7.42. The van der Waals surface area contributed by atoms with Crippen molar-refractivity contribution in [2.75, 3.05) is 13.7 Å². The number of benzene rings is 2. The summed E-state index contributed by atoms with van der Waals surface area (Å²) in [5, 5.41) is 6.62. The molecule has 4 rings (SSSR count). The Labute approximate surface area is 182 Å². The Hall–Kier alpha value is -3.48. The van der Waals surface area contributed by atoms with E-state index in [0.29, 0.717) is 31.5 Å². The second-order valence-corrected chi connectivity index (χ2v) is 7.42. The van der Waals surface area contributed by atoms with Crippen molar-refractivity contribution in [1.82, 2.24) is 15.6 Å². The van der Waals surface area contributed by atoms with Crippen LogP contribution in [-0.4, -0.2) is 30.7 Å². The summed E-state index contributed by atoms with van der Waals surface area (Å²) in [4.78, 5) is 8.85. The molecule has 0 amide bonds. The van der Waals surface area contributed by atoms with Crippen LogP contribution in [0.25, 0.3) is 11.5 Å². The number of aromatic nitrogens is 1. The fourth-order valence-electron chi connectivity index (χ4n) is 3.58. The van der Waals surface area contributed by atoms with Crippen LogP contribution >= 0.6 is 0 Å². The van der Waals surface area contributed by atoms with Gasteiger partial charge in [0.25, 0.3) is 0 Å². The Kier molecular flexibility index (Phi) is 6.40. The molecule has 3 aromatic rings. The molecule has 0 aliphatic carbocycles. The van der Waals surface area contributed by atoms with Crippen LogP contribution in [0.1, 0.15) is 30.7 Å². The largest absolute Gasteiger partial charge is 0.494 e. The number of nitrogens with zero attached hydrogens (tertiary/aromatic N) is 2. The first-order valence-electron chi connectivity index (χ1n) is 10.6. The van der Waals surface area contributed by atoms with Gasteiger partial charge in [0.05, 0.1) is 18.8 Å². The van der Waals surface area contributed by atoms with Gasteiger partial charge in [0.1, 0.15) is 23.9 Å². The maximum atomic E-state index is 5.91. The topological polar surface area (TPSA) is 80.9 Å². The van der Waals surface area contributed by atoms with E-state index in [2.05, 4.69) is 39.7 Å². The van der Waals surface area contributed by atoms with Gasteiger partial charge in [-0.1, -0.05) is 18.2 Å². The molecule has 2 N–H and O–H groups in total. The van der Waals surface area contributed by atoms with Crippen LogP contribution in [-0.2, 0) is 19.5 Å². The first-order chi connectivity index (χ1) is 15.2. The van der Waals surface area contributed by atoms with Crippen LogP contribution in [0, 0.1) is 0 Å². The Balaban J connectivity index is 1.37. The summed E-state index contributed by atoms with van der Waals surface area (Å²) in [5.41, 5.74) is 3.98. The molecule has 2 aromatic carbocycles. The molecule has 2 heterocycles. The Morgan fingerprint density at radius 2 is 2.00 bits per heavy atom. The molecule has 0 saturated heterocycles. The summed E-state index contributed by atoms with van der Waals surface area (Å²) < 4.78 is 17.4. The molecule has 31 heavy (non-hydrogen) atoms. The average molecular weight is 421 g/mol. The van der Waals surface area contributed by atoms with Gasteiger partial charge in [-0.3, -0.25) is 4.99 Å². The predicted octanol–water partition coefficient (Wildman–Crippen LogP) is 3.93. The molecule has 7 heteroatoms. The highest BCUT2D eigenvalue weighted by molar-refractivity contribution is 5.79. The molecule has 1 aliphatic heterocycles. The third-order valence-corrected chi connectivity index (χ3v) is 5.06. The highest BCUT2D eigenvalue weighted by atomic mass is 16.5. The Bertz CT molecular complexity index is 1050. The number of rotatable bonds is 7. The number of fused-ring (bicyclic) bond motifs is 1. The molecule has 0 saturated carbocycles. The van der Waals surface area contributed by atoms with Gasteiger partial charge in [0.15, 0.2) is 5.96 Å². The van der Waals surface area contributed by atoms with Crippen molar-refractivity contribution < 1.29 is 13.9 Å². The van der Waals surface area contributed by atoms with Crippen molar-refractivity contribution in [3.8, 4) is 23.0 Å². The number of guanidine groups is 1. The van der Waals surface area contributed by atoms with Crippen LogP contribution in [0.3, 0.4) is 0 Å². The monoisotopic (exact) mass is 420 g/mol. The van der Waals surface area contributed by atoms with E-state index in [1.165, 1.54) is 5.56 Å². The SMILES string of the molecule is CCOc1cc2c(cc1CNC(=NC)NCc1coc(-c3ccccc3)n1)OC(C)C2. The minimum atomic E-state index is 0.199. The van der Waals surface area contributed by atoms with Crippen molar-refractivity contribution in [3.63, 3.8) is 0 Å². The first kappa shape index (κ1) is 20.8. The predicted molar refractivity (Wildman–Crippen MR) is 120 cm³/mol. The van der Waals surface area contributed by atoms with E-state index in [1.54, 1.807) is 13.3 Å². The third kappa shape index (κ3) is 4.99. The summed E-state index contributed by atoms with van der Waals surface area (Å²) in [6.45, 7) is 5.75. The van der Waals surface area contributed by atoms with Crippen LogP contribution in [0.15, 0.2) is 58.1 Å². The van der Waals surface area contributed by atoms with Gasteiger partial charge in [-0.15, -0.1) is 0 Å². The van der Waals surface area contributed by atoms with Gasteiger partial charge in [0.2, 0.25) is 5.89 Å². The lowest BCUT2D eigenvalue weighted by molar-refractivity contribution is 0.254. The van der Waals surface area contributed by atoms with Crippen LogP contribution in [0.2, 0.25) is 0 Å². The number of aliphatic imine (C=N–C) groups is 1. The van der Waals surface area contributed by atoms with Gasteiger partial charge in [0, 0.05) is 36.7 Å². The summed E-state index contributed by atoms with van der Waals surface area (Å²) in [7, 11) is 1.74. The van der Waals surface area contributed by atoms with E-state index in [1.807, 2.05) is 37.3 Å². The quantitative estimate of drug-likeness (QED) is 0.445. The van der Waals surface area contributed by atoms with E-state index in [0.717, 1.165) is 34.7 Å². The fraction of sp³-hybridized carbons (Fsp3) is 0.333. The maximum absolute atomic E-state index is 5.91. The minimum absolute atomic E-state index is 0.199. The molecular formula is C24H28N4O3. The van der Waals surface area contributed by atoms with Gasteiger partial charge in [-0.05, 0) is 38.1 Å². The van der Waals surface area contributed by atoms with E-state index in [4.69, 9.17) is 13.9 Å². The molecule has 0 radical (unpaired) electrons. The Morgan fingerprint density at radius 3 is 2.77 bits per heavy atom. The second kappa shape index (κ2) is 9.55. The number of hydrogen-bond donors (Lipinski definition) is 2. The summed E-state index contributed by atoms with van der Waals surface area (Å²) in [6.07, 6.45) is 2.77. The van der Waals surface area contributed by atoms with Gasteiger partial charge >= 0.3 is 0 Å². The van der Waals surface area contributed by atoms with Crippen LogP contribution < -0.4 is 20.1 Å². The summed E-state index contributed by atoms with van der Waals surface area (Å²) in [6, 6.07) is 14.0. The normalized spacial score (nSPS) is 15.3. The lowest BCUT2D eigenvalue weighted by Crippen LogP contribution is -2.36. The Morgan fingerprint density at radius 1 is 1.19 bits per heavy atom. The summed E-state index contributed by atoms with van der Waals surface area (Å²) >= 11 is 0. The average Bonchev–Trinajstić information content (AvgIpc) is 3.40. The molecule has 162 valence electrons. The molecular weight excluding hydrogens is 392 g/mol. The van der Waals surface area contributed by atoms with Crippen molar-refractivity contribution >= 4 is 5.96 Å². The highest BCUT2D eigenvalue weighted by Crippen LogP contribution is 2.35. The van der Waals surface area contributed by atoms with Crippen molar-refractivity contribution in [1.29, 1.82) is 0 Å². The molecule has 0 fully saturated rings. The summed E-state index contributed by atoms with van der Waals surface area (Å²) in [5.74, 6) is 3.09. The maximum Gasteiger partial charge on any atom is 0.226 e. The zero-order valence-corrected chi connectivity index (χ0v) is 18.1. The smallest absolute Gasteiger partial charge is 0.226 e. The van der Waals surface area contributed by atoms with E-state index < -0.39 is 0 Å². The molecule has 7 nitrogen and oxygen atoms in total. The minimum Gasteiger partial charge on any atom is -0.494 e. The van der Waals surface area contributed by atoms with E-state index in [9.17, 15) is 0 Å².